The predicted molar refractivity (Wildman–Crippen MR) is 140 cm³/mol. The number of carbonyl (C=O) groups is 2. The van der Waals surface area contributed by atoms with Crippen LogP contribution in [-0.2, 0) is 11.3 Å². The molecule has 4 unspecified atom stereocenters. The summed E-state index contributed by atoms with van der Waals surface area (Å²) in [5.41, 5.74) is 2.07. The number of hydrogen-bond donors (Lipinski definition) is 1. The molecule has 180 valence electrons. The number of amides is 3. The Bertz CT molecular complexity index is 1290. The number of likely N-dealkylation sites (N-methyl/N-ethyl adjacent to an activating group) is 1. The maximum atomic E-state index is 13.9. The highest BCUT2D eigenvalue weighted by Crippen LogP contribution is 2.35. The zero-order chi connectivity index (χ0) is 24.3. The fraction of sp³-hybridized carbons (Fsp3) is 0.333. The van der Waals surface area contributed by atoms with Crippen LogP contribution >= 0.6 is 15.9 Å². The second-order valence-corrected chi connectivity index (χ2v) is 10.7. The minimum atomic E-state index is -0.432. The van der Waals surface area contributed by atoms with E-state index in [-0.39, 0.29) is 30.9 Å². The molecule has 3 aliphatic rings. The van der Waals surface area contributed by atoms with Crippen molar-refractivity contribution in [2.45, 2.75) is 32.0 Å². The molecule has 35 heavy (non-hydrogen) atoms. The summed E-state index contributed by atoms with van der Waals surface area (Å²) < 4.78 is 1.03. The van der Waals surface area contributed by atoms with E-state index in [0.29, 0.717) is 5.92 Å². The molecule has 1 N–H and O–H groups in total. The fourth-order valence-corrected chi connectivity index (χ4v) is 6.06. The van der Waals surface area contributed by atoms with Crippen LogP contribution in [0.5, 0.6) is 0 Å². The van der Waals surface area contributed by atoms with Gasteiger partial charge in [-0.1, -0.05) is 65.3 Å². The van der Waals surface area contributed by atoms with Crippen molar-refractivity contribution in [3.63, 3.8) is 0 Å². The Labute approximate surface area is 213 Å². The Morgan fingerprint density at radius 3 is 2.51 bits per heavy atom. The Balaban J connectivity index is 1.33. The SMILES string of the molecule is CC1CN(c2ccc(Br)cc2)C2NC3C(C(=O)N(Cc4cccc5ccccc45)C(=O)N3C)N2C1. The van der Waals surface area contributed by atoms with Crippen LogP contribution < -0.4 is 10.2 Å². The average Bonchev–Trinajstić information content (AvgIpc) is 3.25. The van der Waals surface area contributed by atoms with Crippen molar-refractivity contribution < 1.29 is 9.59 Å². The van der Waals surface area contributed by atoms with E-state index in [1.165, 1.54) is 4.90 Å². The number of nitrogens with zero attached hydrogens (tertiary/aromatic N) is 4. The van der Waals surface area contributed by atoms with Gasteiger partial charge in [0.15, 0.2) is 0 Å². The largest absolute Gasteiger partial charge is 0.343 e. The normalized spacial score (nSPS) is 26.9. The van der Waals surface area contributed by atoms with Crippen molar-refractivity contribution in [1.29, 1.82) is 0 Å². The summed E-state index contributed by atoms with van der Waals surface area (Å²) in [4.78, 5) is 35.0. The van der Waals surface area contributed by atoms with Crippen LogP contribution in [0.2, 0.25) is 0 Å². The van der Waals surface area contributed by atoms with Crippen molar-refractivity contribution >= 4 is 44.3 Å². The Kier molecular flexibility index (Phi) is 5.55. The lowest BCUT2D eigenvalue weighted by Crippen LogP contribution is -2.66. The van der Waals surface area contributed by atoms with Crippen LogP contribution in [0.25, 0.3) is 10.8 Å². The van der Waals surface area contributed by atoms with E-state index in [0.717, 1.165) is 39.6 Å². The molecule has 6 rings (SSSR count). The lowest BCUT2D eigenvalue weighted by Gasteiger charge is -2.46. The smallest absolute Gasteiger partial charge is 0.328 e. The van der Waals surface area contributed by atoms with E-state index in [1.54, 1.807) is 11.9 Å². The van der Waals surface area contributed by atoms with Gasteiger partial charge in [-0.05, 0) is 46.5 Å². The first-order valence-electron chi connectivity index (χ1n) is 12.0. The Hall–Kier alpha value is -2.94. The molecule has 0 saturated carbocycles. The van der Waals surface area contributed by atoms with Gasteiger partial charge in [-0.2, -0.15) is 0 Å². The summed E-state index contributed by atoms with van der Waals surface area (Å²) in [5, 5.41) is 5.77. The van der Waals surface area contributed by atoms with Gasteiger partial charge in [0.1, 0.15) is 18.5 Å². The van der Waals surface area contributed by atoms with Crippen molar-refractivity contribution in [2.75, 3.05) is 25.0 Å². The highest BCUT2D eigenvalue weighted by atomic mass is 79.9. The van der Waals surface area contributed by atoms with Crippen molar-refractivity contribution in [3.05, 3.63) is 76.8 Å². The third kappa shape index (κ3) is 3.71. The quantitative estimate of drug-likeness (QED) is 0.550. The molecule has 7 nitrogen and oxygen atoms in total. The molecule has 3 fully saturated rings. The van der Waals surface area contributed by atoms with Crippen LogP contribution in [0.3, 0.4) is 0 Å². The fourth-order valence-electron chi connectivity index (χ4n) is 5.80. The number of urea groups is 1. The number of carbonyl (C=O) groups excluding carboxylic acids is 2. The summed E-state index contributed by atoms with van der Waals surface area (Å²) in [7, 11) is 1.79. The van der Waals surface area contributed by atoms with Gasteiger partial charge >= 0.3 is 6.03 Å². The molecule has 0 spiro atoms. The van der Waals surface area contributed by atoms with E-state index in [4.69, 9.17) is 0 Å². The highest BCUT2D eigenvalue weighted by Gasteiger charge is 2.56. The maximum Gasteiger partial charge on any atom is 0.328 e. The third-order valence-electron chi connectivity index (χ3n) is 7.45. The zero-order valence-corrected chi connectivity index (χ0v) is 21.4. The minimum absolute atomic E-state index is 0.133. The molecule has 4 atom stereocenters. The summed E-state index contributed by atoms with van der Waals surface area (Å²) in [6.07, 6.45) is -0.522. The van der Waals surface area contributed by atoms with Crippen molar-refractivity contribution in [2.24, 2.45) is 5.92 Å². The van der Waals surface area contributed by atoms with Gasteiger partial charge in [0, 0.05) is 30.3 Å². The van der Waals surface area contributed by atoms with Gasteiger partial charge < -0.3 is 9.80 Å². The van der Waals surface area contributed by atoms with Gasteiger partial charge in [0.25, 0.3) is 5.91 Å². The molecule has 3 aliphatic heterocycles. The molecule has 3 heterocycles. The van der Waals surface area contributed by atoms with E-state index in [1.807, 2.05) is 42.5 Å². The number of imide groups is 1. The summed E-state index contributed by atoms with van der Waals surface area (Å²) in [5.74, 6) is 0.239. The summed E-state index contributed by atoms with van der Waals surface area (Å²) in [6.45, 7) is 4.14. The number of benzene rings is 3. The van der Waals surface area contributed by atoms with Gasteiger partial charge in [-0.25, -0.2) is 4.79 Å². The van der Waals surface area contributed by atoms with Crippen LogP contribution in [0.4, 0.5) is 10.5 Å². The van der Waals surface area contributed by atoms with Gasteiger partial charge in [0.05, 0.1) is 6.54 Å². The first-order chi connectivity index (χ1) is 16.9. The lowest BCUT2D eigenvalue weighted by atomic mass is 10.0. The van der Waals surface area contributed by atoms with Crippen LogP contribution in [0, 0.1) is 5.92 Å². The second-order valence-electron chi connectivity index (χ2n) is 9.82. The molecular formula is C27H28BrN5O2. The van der Waals surface area contributed by atoms with Gasteiger partial charge in [0.2, 0.25) is 0 Å². The average molecular weight is 534 g/mol. The molecule has 3 aromatic rings. The maximum absolute atomic E-state index is 13.9. The molecule has 3 saturated heterocycles. The monoisotopic (exact) mass is 533 g/mol. The molecule has 0 bridgehead atoms. The molecule has 3 amide bonds. The van der Waals surface area contributed by atoms with Crippen LogP contribution in [0.15, 0.2) is 71.2 Å². The predicted octanol–water partition coefficient (Wildman–Crippen LogP) is 4.04. The molecule has 0 radical (unpaired) electrons. The molecule has 3 aromatic carbocycles. The first-order valence-corrected chi connectivity index (χ1v) is 12.8. The van der Waals surface area contributed by atoms with Gasteiger partial charge in [-0.15, -0.1) is 0 Å². The van der Waals surface area contributed by atoms with Crippen LogP contribution in [0.1, 0.15) is 12.5 Å². The van der Waals surface area contributed by atoms with Crippen LogP contribution in [-0.4, -0.2) is 65.3 Å². The van der Waals surface area contributed by atoms with Gasteiger partial charge in [-0.3, -0.25) is 19.9 Å². The zero-order valence-electron chi connectivity index (χ0n) is 19.8. The van der Waals surface area contributed by atoms with E-state index >= 15 is 0 Å². The number of halogens is 1. The van der Waals surface area contributed by atoms with Crippen molar-refractivity contribution in [1.82, 2.24) is 20.0 Å². The minimum Gasteiger partial charge on any atom is -0.343 e. The number of nitrogens with one attached hydrogen (secondary N) is 1. The number of rotatable bonds is 3. The van der Waals surface area contributed by atoms with E-state index in [2.05, 4.69) is 62.2 Å². The third-order valence-corrected chi connectivity index (χ3v) is 7.98. The molecular weight excluding hydrogens is 506 g/mol. The highest BCUT2D eigenvalue weighted by molar-refractivity contribution is 9.10. The Morgan fingerprint density at radius 2 is 1.71 bits per heavy atom. The number of anilines is 1. The summed E-state index contributed by atoms with van der Waals surface area (Å²) >= 11 is 3.52. The molecule has 0 aromatic heterocycles. The van der Waals surface area contributed by atoms with E-state index < -0.39 is 6.04 Å². The number of fused-ring (bicyclic) bond motifs is 4. The standard InChI is InChI=1S/C27H28BrN5O2/c1-17-14-31(21-12-10-20(28)11-13-21)26-29-24-23(32(26)15-17)25(34)33(27(35)30(24)2)16-19-8-5-7-18-6-3-4-9-22(18)19/h3-13,17,23-24,26,29H,14-16H2,1-2H3. The molecule has 0 aliphatic carbocycles. The van der Waals surface area contributed by atoms with E-state index in [9.17, 15) is 9.59 Å². The molecule has 8 heteroatoms. The summed E-state index contributed by atoms with van der Waals surface area (Å²) in [6, 6.07) is 21.7. The first kappa shape index (κ1) is 22.5. The second kappa shape index (κ2) is 8.62. The Morgan fingerprint density at radius 1 is 0.971 bits per heavy atom. The van der Waals surface area contributed by atoms with Crippen molar-refractivity contribution in [3.8, 4) is 0 Å². The topological polar surface area (TPSA) is 59.1 Å². The lowest BCUT2D eigenvalue weighted by molar-refractivity contribution is -0.139. The number of hydrogen-bond acceptors (Lipinski definition) is 5.